The van der Waals surface area contributed by atoms with E-state index in [1.807, 2.05) is 0 Å². The summed E-state index contributed by atoms with van der Waals surface area (Å²) in [6, 6.07) is 6.37. The predicted octanol–water partition coefficient (Wildman–Crippen LogP) is 0.766. The van der Waals surface area contributed by atoms with Crippen LogP contribution in [-0.2, 0) is 4.79 Å². The first-order valence-corrected chi connectivity index (χ1v) is 4.41. The number of imide groups is 1. The number of hydrogen-bond donors (Lipinski definition) is 0. The molecular weight excluding hydrogens is 196 g/mol. The van der Waals surface area contributed by atoms with Gasteiger partial charge in [0.25, 0.3) is 5.91 Å². The number of amides is 3. The molecule has 0 aliphatic carbocycles. The van der Waals surface area contributed by atoms with Crippen LogP contribution in [0.3, 0.4) is 0 Å². The summed E-state index contributed by atoms with van der Waals surface area (Å²) in [5.41, 5.74) is 0.649. The Bertz CT molecular complexity index is 400. The molecule has 0 N–H and O–H groups in total. The lowest BCUT2D eigenvalue weighted by Crippen LogP contribution is -2.24. The average molecular weight is 205 g/mol. The number of carbonyl (C=O) groups excluding carboxylic acids is 2. The topological polar surface area (TPSA) is 60.7 Å². The van der Waals surface area contributed by atoms with E-state index in [4.69, 9.17) is 4.74 Å². The summed E-state index contributed by atoms with van der Waals surface area (Å²) < 4.78 is 4.99. The molecule has 1 heterocycles. The van der Waals surface area contributed by atoms with Crippen LogP contribution in [0.2, 0.25) is 0 Å². The first kappa shape index (κ1) is 9.51. The van der Waals surface area contributed by atoms with Crippen molar-refractivity contribution < 1.29 is 14.3 Å². The molecule has 5 nitrogen and oxygen atoms in total. The van der Waals surface area contributed by atoms with Crippen LogP contribution in [0.25, 0.3) is 0 Å². The monoisotopic (exact) mass is 205 g/mol. The number of rotatable bonds is 2. The molecule has 5 heteroatoms. The highest BCUT2D eigenvalue weighted by Crippen LogP contribution is 2.20. The largest absolute Gasteiger partial charge is 0.497 e. The molecule has 0 aromatic heterocycles. The van der Waals surface area contributed by atoms with Crippen LogP contribution in [0.15, 0.2) is 24.3 Å². The average Bonchev–Trinajstić information content (AvgIpc) is 2.58. The van der Waals surface area contributed by atoms with E-state index in [2.05, 4.69) is 5.32 Å². The van der Waals surface area contributed by atoms with Crippen molar-refractivity contribution in [3.63, 3.8) is 0 Å². The minimum Gasteiger partial charge on any atom is -0.497 e. The number of hydrogen-bond acceptors (Lipinski definition) is 3. The first-order chi connectivity index (χ1) is 7.20. The Balaban J connectivity index is 2.22. The van der Waals surface area contributed by atoms with Crippen LogP contribution in [0.5, 0.6) is 5.75 Å². The van der Waals surface area contributed by atoms with Crippen molar-refractivity contribution in [1.82, 2.24) is 5.32 Å². The zero-order chi connectivity index (χ0) is 10.8. The summed E-state index contributed by atoms with van der Waals surface area (Å²) in [4.78, 5) is 23.5. The molecule has 0 saturated carbocycles. The van der Waals surface area contributed by atoms with E-state index >= 15 is 0 Å². The van der Waals surface area contributed by atoms with E-state index in [0.717, 1.165) is 0 Å². The van der Waals surface area contributed by atoms with Crippen molar-refractivity contribution in [2.45, 2.75) is 0 Å². The van der Waals surface area contributed by atoms with Gasteiger partial charge in [0.1, 0.15) is 12.3 Å². The number of carbonyl (C=O) groups is 2. The van der Waals surface area contributed by atoms with Crippen molar-refractivity contribution in [1.29, 1.82) is 0 Å². The van der Waals surface area contributed by atoms with Gasteiger partial charge in [0.05, 0.1) is 7.11 Å². The zero-order valence-electron chi connectivity index (χ0n) is 8.14. The molecule has 1 aliphatic heterocycles. The van der Waals surface area contributed by atoms with E-state index in [9.17, 15) is 9.59 Å². The highest BCUT2D eigenvalue weighted by molar-refractivity contribution is 6.11. The lowest BCUT2D eigenvalue weighted by atomic mass is 10.3. The molecule has 1 aromatic rings. The van der Waals surface area contributed by atoms with Crippen LogP contribution in [0, 0.1) is 0 Å². The van der Waals surface area contributed by atoms with E-state index in [1.54, 1.807) is 31.4 Å². The van der Waals surface area contributed by atoms with E-state index in [0.29, 0.717) is 11.4 Å². The van der Waals surface area contributed by atoms with Gasteiger partial charge in [0.2, 0.25) is 0 Å². The quantitative estimate of drug-likeness (QED) is 0.670. The van der Waals surface area contributed by atoms with Gasteiger partial charge in [0.15, 0.2) is 0 Å². The zero-order valence-corrected chi connectivity index (χ0v) is 8.14. The van der Waals surface area contributed by atoms with Crippen molar-refractivity contribution in [2.75, 3.05) is 18.6 Å². The number of urea groups is 1. The summed E-state index contributed by atoms with van der Waals surface area (Å²) in [6.45, 7) is 0.0190. The van der Waals surface area contributed by atoms with Gasteiger partial charge in [-0.15, -0.1) is 0 Å². The Labute approximate surface area is 86.6 Å². The number of ether oxygens (including phenoxy) is 1. The number of anilines is 1. The molecule has 1 fully saturated rings. The molecule has 0 bridgehead atoms. The van der Waals surface area contributed by atoms with Gasteiger partial charge in [0, 0.05) is 5.69 Å². The maximum Gasteiger partial charge on any atom is 0.351 e. The SMILES string of the molecule is COc1ccc(N2CC(=O)[N]C2=O)cc1. The van der Waals surface area contributed by atoms with Gasteiger partial charge in [-0.25, -0.2) is 4.79 Å². The second-order valence-corrected chi connectivity index (χ2v) is 3.07. The molecule has 77 valence electrons. The third kappa shape index (κ3) is 1.76. The molecule has 0 unspecified atom stereocenters. The molecule has 1 aliphatic rings. The maximum absolute atomic E-state index is 11.2. The van der Waals surface area contributed by atoms with Gasteiger partial charge >= 0.3 is 6.03 Å². The lowest BCUT2D eigenvalue weighted by Gasteiger charge is -2.12. The molecule has 15 heavy (non-hydrogen) atoms. The fourth-order valence-electron chi connectivity index (χ4n) is 1.37. The molecule has 1 aromatic carbocycles. The van der Waals surface area contributed by atoms with Crippen LogP contribution < -0.4 is 15.0 Å². The van der Waals surface area contributed by atoms with E-state index in [-0.39, 0.29) is 6.54 Å². The lowest BCUT2D eigenvalue weighted by molar-refractivity contribution is -0.117. The third-order valence-electron chi connectivity index (χ3n) is 2.13. The Hall–Kier alpha value is -2.04. The molecule has 1 radical (unpaired) electrons. The summed E-state index contributed by atoms with van der Waals surface area (Å²) in [5.74, 6) is 0.296. The van der Waals surface area contributed by atoms with Gasteiger partial charge < -0.3 is 4.74 Å². The highest BCUT2D eigenvalue weighted by atomic mass is 16.5. The van der Waals surface area contributed by atoms with Crippen molar-refractivity contribution in [2.24, 2.45) is 0 Å². The number of nitrogens with zero attached hydrogens (tertiary/aromatic N) is 2. The van der Waals surface area contributed by atoms with E-state index < -0.39 is 11.9 Å². The minimum atomic E-state index is -0.509. The van der Waals surface area contributed by atoms with Crippen molar-refractivity contribution in [3.05, 3.63) is 24.3 Å². The van der Waals surface area contributed by atoms with Crippen LogP contribution in [0.4, 0.5) is 10.5 Å². The minimum absolute atomic E-state index is 0.0190. The van der Waals surface area contributed by atoms with Crippen molar-refractivity contribution in [3.8, 4) is 5.75 Å². The Kier molecular flexibility index (Phi) is 2.29. The van der Waals surface area contributed by atoms with E-state index in [1.165, 1.54) is 4.90 Å². The van der Waals surface area contributed by atoms with Crippen molar-refractivity contribution >= 4 is 17.6 Å². The smallest absolute Gasteiger partial charge is 0.351 e. The maximum atomic E-state index is 11.2. The predicted molar refractivity (Wildman–Crippen MR) is 52.9 cm³/mol. The fourth-order valence-corrected chi connectivity index (χ4v) is 1.37. The van der Waals surface area contributed by atoms with Crippen LogP contribution in [0.1, 0.15) is 0 Å². The van der Waals surface area contributed by atoms with Gasteiger partial charge in [-0.3, -0.25) is 9.69 Å². The number of methoxy groups -OCH3 is 1. The number of benzene rings is 1. The third-order valence-corrected chi connectivity index (χ3v) is 2.13. The summed E-state index contributed by atoms with van der Waals surface area (Å²) in [5, 5.41) is 3.31. The van der Waals surface area contributed by atoms with Crippen LogP contribution >= 0.6 is 0 Å². The molecule has 0 spiro atoms. The summed E-state index contributed by atoms with van der Waals surface area (Å²) >= 11 is 0. The van der Waals surface area contributed by atoms with Crippen LogP contribution in [-0.4, -0.2) is 25.6 Å². The van der Waals surface area contributed by atoms with Gasteiger partial charge in [-0.2, -0.15) is 5.32 Å². The molecule has 1 saturated heterocycles. The summed E-state index contributed by atoms with van der Waals surface area (Å²) in [7, 11) is 1.56. The molecule has 3 amide bonds. The van der Waals surface area contributed by atoms with Gasteiger partial charge in [-0.1, -0.05) is 0 Å². The summed E-state index contributed by atoms with van der Waals surface area (Å²) in [6.07, 6.45) is 0. The molecular formula is C10H9N2O3. The molecule has 0 atom stereocenters. The van der Waals surface area contributed by atoms with Gasteiger partial charge in [-0.05, 0) is 24.3 Å². The second-order valence-electron chi connectivity index (χ2n) is 3.07. The Morgan fingerprint density at radius 2 is 1.93 bits per heavy atom. The first-order valence-electron chi connectivity index (χ1n) is 4.41. The Morgan fingerprint density at radius 3 is 2.40 bits per heavy atom. The highest BCUT2D eigenvalue weighted by Gasteiger charge is 2.29. The fraction of sp³-hybridized carbons (Fsp3) is 0.200. The second kappa shape index (κ2) is 3.61. The Morgan fingerprint density at radius 1 is 1.27 bits per heavy atom. The normalized spacial score (nSPS) is 15.4. The standard InChI is InChI=1S/C10H9N2O3/c1-15-8-4-2-7(3-5-8)12-6-9(13)11-10(12)14/h2-5H,6H2,1H3. The molecule has 2 rings (SSSR count).